The van der Waals surface area contributed by atoms with Gasteiger partial charge in [0.05, 0.1) is 11.1 Å². The van der Waals surface area contributed by atoms with Crippen LogP contribution in [0.3, 0.4) is 0 Å². The molecule has 0 aliphatic heterocycles. The van der Waals surface area contributed by atoms with Crippen LogP contribution in [0, 0.1) is 0 Å². The Morgan fingerprint density at radius 3 is 2.95 bits per heavy atom. The van der Waals surface area contributed by atoms with Gasteiger partial charge < -0.3 is 10.1 Å². The predicted molar refractivity (Wildman–Crippen MR) is 91.1 cm³/mol. The van der Waals surface area contributed by atoms with Crippen LogP contribution >= 0.6 is 39.3 Å². The number of halogens is 2. The van der Waals surface area contributed by atoms with E-state index in [2.05, 4.69) is 32.3 Å². The lowest BCUT2D eigenvalue weighted by Crippen LogP contribution is -2.18. The molecule has 3 nitrogen and oxygen atoms in total. The summed E-state index contributed by atoms with van der Waals surface area (Å²) >= 11 is 11.4. The fraction of sp³-hybridized carbons (Fsp3) is 0.267. The maximum Gasteiger partial charge on any atom is 0.115 e. The molecular formula is C15H16BrClN2OS. The van der Waals surface area contributed by atoms with Crippen molar-refractivity contribution in [3.8, 4) is 0 Å². The minimum atomic E-state index is 0.694. The highest BCUT2D eigenvalue weighted by molar-refractivity contribution is 9.10. The summed E-state index contributed by atoms with van der Waals surface area (Å²) in [4.78, 5) is 5.41. The largest absolute Gasteiger partial charge is 0.383 e. The van der Waals surface area contributed by atoms with Crippen LogP contribution in [0.5, 0.6) is 0 Å². The highest BCUT2D eigenvalue weighted by Gasteiger charge is 2.06. The van der Waals surface area contributed by atoms with Gasteiger partial charge in [0, 0.05) is 36.3 Å². The van der Waals surface area contributed by atoms with Crippen molar-refractivity contribution < 1.29 is 4.74 Å². The van der Waals surface area contributed by atoms with Crippen molar-refractivity contribution in [3.63, 3.8) is 0 Å². The lowest BCUT2D eigenvalue weighted by Gasteiger charge is -2.08. The first-order valence-corrected chi connectivity index (χ1v) is 8.46. The van der Waals surface area contributed by atoms with Crippen molar-refractivity contribution >= 4 is 39.3 Å². The van der Waals surface area contributed by atoms with Gasteiger partial charge in [-0.15, -0.1) is 0 Å². The normalized spacial score (nSPS) is 10.8. The highest BCUT2D eigenvalue weighted by atomic mass is 79.9. The van der Waals surface area contributed by atoms with Gasteiger partial charge in [0.15, 0.2) is 0 Å². The van der Waals surface area contributed by atoms with Gasteiger partial charge in [-0.05, 0) is 45.8 Å². The van der Waals surface area contributed by atoms with E-state index in [9.17, 15) is 0 Å². The zero-order valence-corrected chi connectivity index (χ0v) is 14.8. The molecule has 0 saturated heterocycles. The van der Waals surface area contributed by atoms with Crippen LogP contribution in [-0.2, 0) is 11.3 Å². The van der Waals surface area contributed by atoms with E-state index in [1.807, 2.05) is 24.3 Å². The Kier molecular flexibility index (Phi) is 6.99. The van der Waals surface area contributed by atoms with E-state index in [0.717, 1.165) is 38.1 Å². The molecule has 0 saturated carbocycles. The van der Waals surface area contributed by atoms with Crippen molar-refractivity contribution in [2.45, 2.75) is 16.5 Å². The quantitative estimate of drug-likeness (QED) is 0.715. The van der Waals surface area contributed by atoms with Crippen LogP contribution in [0.15, 0.2) is 50.9 Å². The first-order chi connectivity index (χ1) is 10.2. The zero-order valence-electron chi connectivity index (χ0n) is 11.6. The van der Waals surface area contributed by atoms with E-state index in [1.54, 1.807) is 25.1 Å². The summed E-state index contributed by atoms with van der Waals surface area (Å²) in [5, 5.41) is 4.98. The van der Waals surface area contributed by atoms with Crippen LogP contribution in [0.1, 0.15) is 5.56 Å². The molecule has 21 heavy (non-hydrogen) atoms. The minimum absolute atomic E-state index is 0.694. The van der Waals surface area contributed by atoms with Gasteiger partial charge in [0.25, 0.3) is 0 Å². The fourth-order valence-electron chi connectivity index (χ4n) is 1.69. The third kappa shape index (κ3) is 5.27. The van der Waals surface area contributed by atoms with Crippen molar-refractivity contribution in [1.29, 1.82) is 0 Å². The predicted octanol–water partition coefficient (Wildman–Crippen LogP) is 4.38. The molecule has 1 aromatic heterocycles. The molecule has 0 spiro atoms. The first-order valence-electron chi connectivity index (χ1n) is 6.47. The maximum atomic E-state index is 6.33. The smallest absolute Gasteiger partial charge is 0.115 e. The van der Waals surface area contributed by atoms with Gasteiger partial charge in [0.1, 0.15) is 5.03 Å². The Morgan fingerprint density at radius 2 is 2.24 bits per heavy atom. The second-order valence-electron chi connectivity index (χ2n) is 4.32. The molecular weight excluding hydrogens is 372 g/mol. The monoisotopic (exact) mass is 386 g/mol. The number of benzene rings is 1. The second kappa shape index (κ2) is 8.76. The summed E-state index contributed by atoms with van der Waals surface area (Å²) < 4.78 is 5.98. The lowest BCUT2D eigenvalue weighted by molar-refractivity contribution is 0.199. The minimum Gasteiger partial charge on any atom is -0.383 e. The topological polar surface area (TPSA) is 34.1 Å². The standard InChI is InChI=1S/C15H16BrClN2OS/c1-20-8-7-18-10-11-4-5-12(9-14(11)17)21-15-13(16)3-2-6-19-15/h2-6,9,18H,7-8,10H2,1H3. The number of nitrogens with one attached hydrogen (secondary N) is 1. The summed E-state index contributed by atoms with van der Waals surface area (Å²) in [7, 11) is 1.69. The molecule has 1 heterocycles. The average Bonchev–Trinajstić information content (AvgIpc) is 2.48. The molecule has 2 rings (SSSR count). The van der Waals surface area contributed by atoms with Crippen molar-refractivity contribution in [2.24, 2.45) is 0 Å². The molecule has 0 atom stereocenters. The average molecular weight is 388 g/mol. The van der Waals surface area contributed by atoms with E-state index in [0.29, 0.717) is 6.61 Å². The van der Waals surface area contributed by atoms with Gasteiger partial charge in [0.2, 0.25) is 0 Å². The summed E-state index contributed by atoms with van der Waals surface area (Å²) in [6.45, 7) is 2.24. The number of aromatic nitrogens is 1. The van der Waals surface area contributed by atoms with Crippen LogP contribution in [0.4, 0.5) is 0 Å². The summed E-state index contributed by atoms with van der Waals surface area (Å²) in [5.41, 5.74) is 1.08. The fourth-order valence-corrected chi connectivity index (χ4v) is 3.32. The molecule has 1 N–H and O–H groups in total. The van der Waals surface area contributed by atoms with Gasteiger partial charge in [-0.2, -0.15) is 0 Å². The summed E-state index contributed by atoms with van der Waals surface area (Å²) in [6.07, 6.45) is 1.78. The molecule has 0 radical (unpaired) electrons. The van der Waals surface area contributed by atoms with E-state index >= 15 is 0 Å². The van der Waals surface area contributed by atoms with Gasteiger partial charge >= 0.3 is 0 Å². The molecule has 1 aromatic carbocycles. The van der Waals surface area contributed by atoms with Crippen molar-refractivity contribution in [3.05, 3.63) is 51.6 Å². The summed E-state index contributed by atoms with van der Waals surface area (Å²) in [6, 6.07) is 9.95. The number of methoxy groups -OCH3 is 1. The SMILES string of the molecule is COCCNCc1ccc(Sc2ncccc2Br)cc1Cl. The van der Waals surface area contributed by atoms with Crippen molar-refractivity contribution in [2.75, 3.05) is 20.3 Å². The van der Waals surface area contributed by atoms with Gasteiger partial charge in [-0.1, -0.05) is 29.4 Å². The number of hydrogen-bond donors (Lipinski definition) is 1. The van der Waals surface area contributed by atoms with Crippen LogP contribution in [-0.4, -0.2) is 25.2 Å². The second-order valence-corrected chi connectivity index (χ2v) is 6.64. The number of hydrogen-bond acceptors (Lipinski definition) is 4. The molecule has 0 aliphatic carbocycles. The number of nitrogens with zero attached hydrogens (tertiary/aromatic N) is 1. The third-order valence-electron chi connectivity index (χ3n) is 2.76. The van der Waals surface area contributed by atoms with E-state index in [4.69, 9.17) is 16.3 Å². The molecule has 0 bridgehead atoms. The number of rotatable bonds is 7. The molecule has 0 fully saturated rings. The molecule has 6 heteroatoms. The van der Waals surface area contributed by atoms with Gasteiger partial charge in [-0.25, -0.2) is 4.98 Å². The Hall–Kier alpha value is -0.590. The summed E-state index contributed by atoms with van der Waals surface area (Å²) in [5.74, 6) is 0. The number of ether oxygens (including phenoxy) is 1. The Labute approximate surface area is 142 Å². The lowest BCUT2D eigenvalue weighted by atomic mass is 10.2. The highest BCUT2D eigenvalue weighted by Crippen LogP contribution is 2.33. The Morgan fingerprint density at radius 1 is 1.38 bits per heavy atom. The maximum absolute atomic E-state index is 6.33. The molecule has 112 valence electrons. The first kappa shape index (κ1) is 16.8. The van der Waals surface area contributed by atoms with Crippen LogP contribution in [0.25, 0.3) is 0 Å². The Bertz CT molecular complexity index is 598. The van der Waals surface area contributed by atoms with E-state index in [-0.39, 0.29) is 0 Å². The van der Waals surface area contributed by atoms with Crippen molar-refractivity contribution in [1.82, 2.24) is 10.3 Å². The molecule has 0 unspecified atom stereocenters. The van der Waals surface area contributed by atoms with Crippen LogP contribution < -0.4 is 5.32 Å². The van der Waals surface area contributed by atoms with Gasteiger partial charge in [-0.3, -0.25) is 0 Å². The third-order valence-corrected chi connectivity index (χ3v) is 5.02. The number of pyridine rings is 1. The molecule has 0 aliphatic rings. The Balaban J connectivity index is 2.00. The van der Waals surface area contributed by atoms with E-state index < -0.39 is 0 Å². The van der Waals surface area contributed by atoms with Crippen LogP contribution in [0.2, 0.25) is 5.02 Å². The zero-order chi connectivity index (χ0) is 15.1. The van der Waals surface area contributed by atoms with E-state index in [1.165, 1.54) is 0 Å². The molecule has 2 aromatic rings. The molecule has 0 amide bonds.